The van der Waals surface area contributed by atoms with Crippen molar-refractivity contribution in [3.63, 3.8) is 0 Å². The molecule has 9 heteroatoms. The summed E-state index contributed by atoms with van der Waals surface area (Å²) < 4.78 is 18.6. The highest BCUT2D eigenvalue weighted by atomic mass is 35.5. The third-order valence-electron chi connectivity index (χ3n) is 4.88. The first-order chi connectivity index (χ1) is 14.4. The van der Waals surface area contributed by atoms with Gasteiger partial charge in [0.15, 0.2) is 5.76 Å². The molecule has 4 rings (SSSR count). The lowest BCUT2D eigenvalue weighted by Crippen LogP contribution is -2.42. The SMILES string of the molecule is O=C(NCC(=O)N1CCc2c(noc2-c2ccc(F)cc2)C1)c1ccc(Cl)cc1Cl. The highest BCUT2D eigenvalue weighted by Crippen LogP contribution is 2.30. The summed E-state index contributed by atoms with van der Waals surface area (Å²) >= 11 is 11.9. The lowest BCUT2D eigenvalue weighted by molar-refractivity contribution is -0.131. The third-order valence-corrected chi connectivity index (χ3v) is 5.42. The molecule has 1 aromatic heterocycles. The number of benzene rings is 2. The van der Waals surface area contributed by atoms with Crippen LogP contribution >= 0.6 is 23.2 Å². The molecule has 0 fully saturated rings. The van der Waals surface area contributed by atoms with E-state index in [9.17, 15) is 14.0 Å². The molecule has 3 aromatic rings. The molecule has 1 aliphatic heterocycles. The molecule has 2 amide bonds. The van der Waals surface area contributed by atoms with Crippen LogP contribution in [-0.4, -0.2) is 35.0 Å². The van der Waals surface area contributed by atoms with E-state index in [2.05, 4.69) is 10.5 Å². The summed E-state index contributed by atoms with van der Waals surface area (Å²) in [5.74, 6) is -0.443. The molecule has 0 radical (unpaired) electrons. The van der Waals surface area contributed by atoms with E-state index in [1.165, 1.54) is 24.3 Å². The van der Waals surface area contributed by atoms with Gasteiger partial charge in [-0.2, -0.15) is 0 Å². The number of carbonyl (C=O) groups is 2. The van der Waals surface area contributed by atoms with Gasteiger partial charge in [0.25, 0.3) is 5.91 Å². The van der Waals surface area contributed by atoms with Gasteiger partial charge in [-0.15, -0.1) is 0 Å². The summed E-state index contributed by atoms with van der Waals surface area (Å²) in [6.45, 7) is 0.561. The van der Waals surface area contributed by atoms with Crippen molar-refractivity contribution in [1.29, 1.82) is 0 Å². The second-order valence-electron chi connectivity index (χ2n) is 6.82. The van der Waals surface area contributed by atoms with Gasteiger partial charge >= 0.3 is 0 Å². The van der Waals surface area contributed by atoms with Gasteiger partial charge in [-0.05, 0) is 48.9 Å². The molecule has 0 atom stereocenters. The van der Waals surface area contributed by atoms with Crippen LogP contribution in [0.25, 0.3) is 11.3 Å². The number of nitrogens with one attached hydrogen (secondary N) is 1. The molecule has 154 valence electrons. The van der Waals surface area contributed by atoms with Crippen LogP contribution in [0.3, 0.4) is 0 Å². The van der Waals surface area contributed by atoms with Crippen molar-refractivity contribution in [2.75, 3.05) is 13.1 Å². The van der Waals surface area contributed by atoms with Crippen molar-refractivity contribution in [3.05, 3.63) is 75.1 Å². The monoisotopic (exact) mass is 447 g/mol. The number of aromatic nitrogens is 1. The Hall–Kier alpha value is -2.90. The van der Waals surface area contributed by atoms with E-state index in [4.69, 9.17) is 27.7 Å². The molecule has 6 nitrogen and oxygen atoms in total. The quantitative estimate of drug-likeness (QED) is 0.652. The van der Waals surface area contributed by atoms with E-state index < -0.39 is 5.91 Å². The Labute approximate surface area is 181 Å². The maximum absolute atomic E-state index is 13.2. The minimum atomic E-state index is -0.456. The van der Waals surface area contributed by atoms with E-state index >= 15 is 0 Å². The average Bonchev–Trinajstić information content (AvgIpc) is 3.15. The molecule has 1 aliphatic rings. The highest BCUT2D eigenvalue weighted by molar-refractivity contribution is 6.36. The number of hydrogen-bond donors (Lipinski definition) is 1. The molecule has 2 aromatic carbocycles. The maximum atomic E-state index is 13.2. The normalized spacial score (nSPS) is 13.1. The van der Waals surface area contributed by atoms with Crippen molar-refractivity contribution in [2.24, 2.45) is 0 Å². The predicted molar refractivity (Wildman–Crippen MR) is 110 cm³/mol. The van der Waals surface area contributed by atoms with Crippen LogP contribution in [0.1, 0.15) is 21.6 Å². The van der Waals surface area contributed by atoms with E-state index in [-0.39, 0.29) is 35.4 Å². The molecule has 0 saturated heterocycles. The number of amides is 2. The standard InChI is InChI=1S/C21H16Cl2FN3O3/c22-13-3-6-15(17(23)9-13)21(29)25-10-19(28)27-8-7-16-18(11-27)26-30-20(16)12-1-4-14(24)5-2-12/h1-6,9H,7-8,10-11H2,(H,25,29). The van der Waals surface area contributed by atoms with Crippen LogP contribution < -0.4 is 5.32 Å². The molecule has 1 N–H and O–H groups in total. The fraction of sp³-hybridized carbons (Fsp3) is 0.190. The number of hydrogen-bond acceptors (Lipinski definition) is 4. The Balaban J connectivity index is 1.39. The van der Waals surface area contributed by atoms with Crippen LogP contribution in [0, 0.1) is 5.82 Å². The summed E-state index contributed by atoms with van der Waals surface area (Å²) in [4.78, 5) is 26.4. The summed E-state index contributed by atoms with van der Waals surface area (Å²) in [5.41, 5.74) is 2.54. The fourth-order valence-electron chi connectivity index (χ4n) is 3.31. The average molecular weight is 448 g/mol. The van der Waals surface area contributed by atoms with E-state index in [1.807, 2.05) is 0 Å². The number of carbonyl (C=O) groups excluding carboxylic acids is 2. The lowest BCUT2D eigenvalue weighted by Gasteiger charge is -2.26. The largest absolute Gasteiger partial charge is 0.356 e. The summed E-state index contributed by atoms with van der Waals surface area (Å²) in [6.07, 6.45) is 0.550. The maximum Gasteiger partial charge on any atom is 0.253 e. The first-order valence-electron chi connectivity index (χ1n) is 9.17. The summed E-state index contributed by atoms with van der Waals surface area (Å²) in [5, 5.41) is 7.29. The molecule has 0 bridgehead atoms. The third kappa shape index (κ3) is 4.17. The fourth-order valence-corrected chi connectivity index (χ4v) is 3.80. The Morgan fingerprint density at radius 1 is 1.17 bits per heavy atom. The molecule has 2 heterocycles. The van der Waals surface area contributed by atoms with Crippen LogP contribution in [0.15, 0.2) is 47.0 Å². The zero-order valence-corrected chi connectivity index (χ0v) is 17.1. The van der Waals surface area contributed by atoms with Crippen LogP contribution in [0.5, 0.6) is 0 Å². The minimum Gasteiger partial charge on any atom is -0.356 e. The van der Waals surface area contributed by atoms with E-state index in [0.717, 1.165) is 11.1 Å². The Kier molecular flexibility index (Phi) is 5.74. The van der Waals surface area contributed by atoms with Crippen LogP contribution in [0.2, 0.25) is 10.0 Å². The molecule has 30 heavy (non-hydrogen) atoms. The number of nitrogens with zero attached hydrogens (tertiary/aromatic N) is 2. The van der Waals surface area contributed by atoms with Crippen molar-refractivity contribution >= 4 is 35.0 Å². The van der Waals surface area contributed by atoms with Gasteiger partial charge in [0.05, 0.1) is 23.7 Å². The van der Waals surface area contributed by atoms with Gasteiger partial charge in [-0.3, -0.25) is 9.59 Å². The number of rotatable bonds is 4. The van der Waals surface area contributed by atoms with Crippen LogP contribution in [-0.2, 0) is 17.8 Å². The molecule has 0 spiro atoms. The van der Waals surface area contributed by atoms with Gasteiger partial charge < -0.3 is 14.7 Å². The smallest absolute Gasteiger partial charge is 0.253 e. The van der Waals surface area contributed by atoms with Gasteiger partial charge in [-0.1, -0.05) is 28.4 Å². The summed E-state index contributed by atoms with van der Waals surface area (Å²) in [6, 6.07) is 10.5. The second kappa shape index (κ2) is 8.45. The predicted octanol–water partition coefficient (Wildman–Crippen LogP) is 4.10. The molecule has 0 saturated carbocycles. The second-order valence-corrected chi connectivity index (χ2v) is 7.66. The molecule has 0 unspecified atom stereocenters. The van der Waals surface area contributed by atoms with Crippen molar-refractivity contribution in [2.45, 2.75) is 13.0 Å². The zero-order chi connectivity index (χ0) is 21.3. The highest BCUT2D eigenvalue weighted by Gasteiger charge is 2.27. The van der Waals surface area contributed by atoms with Crippen molar-refractivity contribution in [1.82, 2.24) is 15.4 Å². The minimum absolute atomic E-state index is 0.171. The van der Waals surface area contributed by atoms with Gasteiger partial charge in [0.1, 0.15) is 11.5 Å². The van der Waals surface area contributed by atoms with Crippen molar-refractivity contribution in [3.8, 4) is 11.3 Å². The Morgan fingerprint density at radius 2 is 1.93 bits per heavy atom. The first-order valence-corrected chi connectivity index (χ1v) is 9.92. The topological polar surface area (TPSA) is 75.4 Å². The van der Waals surface area contributed by atoms with E-state index in [0.29, 0.717) is 29.4 Å². The lowest BCUT2D eigenvalue weighted by atomic mass is 10.0. The van der Waals surface area contributed by atoms with Crippen molar-refractivity contribution < 1.29 is 18.5 Å². The molecular formula is C21H16Cl2FN3O3. The van der Waals surface area contributed by atoms with Gasteiger partial charge in [0, 0.05) is 22.7 Å². The van der Waals surface area contributed by atoms with Gasteiger partial charge in [-0.25, -0.2) is 4.39 Å². The molecule has 0 aliphatic carbocycles. The number of halogens is 3. The van der Waals surface area contributed by atoms with Crippen LogP contribution in [0.4, 0.5) is 4.39 Å². The number of fused-ring (bicyclic) bond motifs is 1. The van der Waals surface area contributed by atoms with E-state index in [1.54, 1.807) is 23.1 Å². The van der Waals surface area contributed by atoms with Gasteiger partial charge in [0.2, 0.25) is 5.91 Å². The first kappa shape index (κ1) is 20.4. The Bertz CT molecular complexity index is 1120. The molecular weight excluding hydrogens is 432 g/mol. The Morgan fingerprint density at radius 3 is 2.67 bits per heavy atom. The zero-order valence-electron chi connectivity index (χ0n) is 15.6. The summed E-state index contributed by atoms with van der Waals surface area (Å²) in [7, 11) is 0.